The van der Waals surface area contributed by atoms with E-state index in [2.05, 4.69) is 0 Å². The van der Waals surface area contributed by atoms with Crippen LogP contribution in [0.1, 0.15) is 53.1 Å². The standard InChI is InChI=1S/C30H51NO15P4/c1-2-3-8-46-23-30(21-32,22-33)31(19-28-15-24(4-9-47(34,35)36)13-25(16-28)5-10-48(37,38)39)20-29-17-26(6-11-49(40,41)42)14-27(18-29)7-12-50(43,44)45/h13-18,32-33H,2-12,19-23H2,1H3,(H2,34,35,36)(H2,37,38,39)(H2,40,41,42)(H2,43,44,45). The lowest BCUT2D eigenvalue weighted by Crippen LogP contribution is -2.57. The van der Waals surface area contributed by atoms with Gasteiger partial charge in [-0.05, 0) is 65.5 Å². The minimum Gasteiger partial charge on any atom is -0.394 e. The summed E-state index contributed by atoms with van der Waals surface area (Å²) >= 11 is 0. The summed E-state index contributed by atoms with van der Waals surface area (Å²) in [5.41, 5.74) is 1.62. The summed E-state index contributed by atoms with van der Waals surface area (Å²) in [4.78, 5) is 77.6. The van der Waals surface area contributed by atoms with Crippen molar-refractivity contribution in [3.8, 4) is 0 Å². The summed E-state index contributed by atoms with van der Waals surface area (Å²) < 4.78 is 52.5. The van der Waals surface area contributed by atoms with Gasteiger partial charge in [0.2, 0.25) is 0 Å². The molecule has 0 aliphatic rings. The first-order valence-electron chi connectivity index (χ1n) is 16.0. The van der Waals surface area contributed by atoms with Crippen LogP contribution in [0.15, 0.2) is 36.4 Å². The zero-order valence-electron chi connectivity index (χ0n) is 28.0. The Bertz CT molecular complexity index is 1370. The lowest BCUT2D eigenvalue weighted by Gasteiger charge is -2.42. The van der Waals surface area contributed by atoms with Gasteiger partial charge < -0.3 is 54.1 Å². The molecule has 2 aromatic carbocycles. The summed E-state index contributed by atoms with van der Waals surface area (Å²) in [5.74, 6) is 0. The van der Waals surface area contributed by atoms with Gasteiger partial charge in [-0.15, -0.1) is 0 Å². The molecule has 0 fully saturated rings. The third-order valence-electron chi connectivity index (χ3n) is 8.01. The highest BCUT2D eigenvalue weighted by molar-refractivity contribution is 7.52. The quantitative estimate of drug-likeness (QED) is 0.0538. The molecule has 0 unspecified atom stereocenters. The smallest absolute Gasteiger partial charge is 0.325 e. The molecular formula is C30H51NO15P4. The molecule has 0 saturated heterocycles. The Hall–Kier alpha value is -1.12. The summed E-state index contributed by atoms with van der Waals surface area (Å²) in [6, 6.07) is 9.89. The van der Waals surface area contributed by atoms with Crippen LogP contribution in [0.2, 0.25) is 0 Å². The maximum atomic E-state index is 11.7. The third kappa shape index (κ3) is 18.1. The fourth-order valence-corrected chi connectivity index (χ4v) is 7.51. The Morgan fingerprint density at radius 1 is 0.560 bits per heavy atom. The number of unbranched alkanes of at least 4 members (excludes halogenated alkanes) is 1. The molecule has 0 spiro atoms. The fourth-order valence-electron chi connectivity index (χ4n) is 5.31. The van der Waals surface area contributed by atoms with Gasteiger partial charge in [-0.2, -0.15) is 0 Å². The van der Waals surface area contributed by atoms with Gasteiger partial charge in [-0.3, -0.25) is 23.2 Å². The van der Waals surface area contributed by atoms with E-state index in [4.69, 9.17) is 4.74 Å². The van der Waals surface area contributed by atoms with E-state index >= 15 is 0 Å². The van der Waals surface area contributed by atoms with E-state index in [1.54, 1.807) is 41.3 Å². The Labute approximate surface area is 292 Å². The molecule has 0 radical (unpaired) electrons. The molecule has 0 heterocycles. The molecule has 0 saturated carbocycles. The summed E-state index contributed by atoms with van der Waals surface area (Å²) in [5, 5.41) is 21.5. The van der Waals surface area contributed by atoms with Crippen molar-refractivity contribution >= 4 is 30.4 Å². The van der Waals surface area contributed by atoms with Crippen LogP contribution in [0.4, 0.5) is 0 Å². The molecule has 0 aliphatic heterocycles. The first-order chi connectivity index (χ1) is 23.0. The molecule has 2 rings (SSSR count). The van der Waals surface area contributed by atoms with Gasteiger partial charge in [0.1, 0.15) is 0 Å². The third-order valence-corrected chi connectivity index (χ3v) is 11.2. The van der Waals surface area contributed by atoms with Gasteiger partial charge in [0, 0.05) is 19.7 Å². The largest absolute Gasteiger partial charge is 0.394 e. The van der Waals surface area contributed by atoms with Crippen molar-refractivity contribution in [2.24, 2.45) is 0 Å². The van der Waals surface area contributed by atoms with Crippen LogP contribution in [-0.4, -0.2) is 111 Å². The van der Waals surface area contributed by atoms with E-state index in [9.17, 15) is 67.6 Å². The minimum atomic E-state index is -4.39. The molecule has 50 heavy (non-hydrogen) atoms. The molecular weight excluding hydrogens is 738 g/mol. The van der Waals surface area contributed by atoms with Crippen LogP contribution in [0.5, 0.6) is 0 Å². The van der Waals surface area contributed by atoms with Crippen LogP contribution in [-0.2, 0) is 61.8 Å². The molecule has 2 aromatic rings. The van der Waals surface area contributed by atoms with Crippen molar-refractivity contribution in [1.82, 2.24) is 4.90 Å². The number of hydrogen-bond acceptors (Lipinski definition) is 8. The number of rotatable bonds is 24. The number of aryl methyl sites for hydroxylation is 4. The molecule has 10 N–H and O–H groups in total. The molecule has 0 aliphatic carbocycles. The fraction of sp³-hybridized carbons (Fsp3) is 0.600. The van der Waals surface area contributed by atoms with Crippen molar-refractivity contribution in [3.63, 3.8) is 0 Å². The second-order valence-electron chi connectivity index (χ2n) is 12.7. The first-order valence-corrected chi connectivity index (χ1v) is 23.2. The molecule has 20 heteroatoms. The number of hydrogen-bond donors (Lipinski definition) is 10. The van der Waals surface area contributed by atoms with Crippen LogP contribution in [0, 0.1) is 0 Å². The molecule has 16 nitrogen and oxygen atoms in total. The number of ether oxygens (including phenoxy) is 1. The van der Waals surface area contributed by atoms with Gasteiger partial charge in [0.05, 0.1) is 50.0 Å². The van der Waals surface area contributed by atoms with Crippen LogP contribution >= 0.6 is 30.4 Å². The second-order valence-corrected chi connectivity index (χ2v) is 19.8. The zero-order chi connectivity index (χ0) is 37.8. The Morgan fingerprint density at radius 3 is 1.12 bits per heavy atom. The number of aliphatic hydroxyl groups is 2. The molecule has 0 bridgehead atoms. The highest BCUT2D eigenvalue weighted by Crippen LogP contribution is 2.38. The number of nitrogens with zero attached hydrogens (tertiary/aromatic N) is 1. The monoisotopic (exact) mass is 789 g/mol. The van der Waals surface area contributed by atoms with Gasteiger partial charge >= 0.3 is 30.4 Å². The Kier molecular flexibility index (Phi) is 17.8. The van der Waals surface area contributed by atoms with Crippen molar-refractivity contribution in [1.29, 1.82) is 0 Å². The average molecular weight is 790 g/mol. The summed E-state index contributed by atoms with van der Waals surface area (Å²) in [7, 11) is -17.6. The van der Waals surface area contributed by atoms with E-state index in [1.165, 1.54) is 0 Å². The number of benzene rings is 2. The van der Waals surface area contributed by atoms with Gasteiger partial charge in [0.15, 0.2) is 0 Å². The lowest BCUT2D eigenvalue weighted by molar-refractivity contribution is -0.0770. The Morgan fingerprint density at radius 2 is 0.860 bits per heavy atom. The minimum absolute atomic E-state index is 0.00452. The van der Waals surface area contributed by atoms with E-state index < -0.39 is 73.8 Å². The van der Waals surface area contributed by atoms with Crippen molar-refractivity contribution < 1.29 is 72.4 Å². The Balaban J connectivity index is 2.67. The van der Waals surface area contributed by atoms with Crippen LogP contribution in [0.25, 0.3) is 0 Å². The van der Waals surface area contributed by atoms with Crippen molar-refractivity contribution in [3.05, 3.63) is 69.8 Å². The highest BCUT2D eigenvalue weighted by atomic mass is 31.2. The molecule has 286 valence electrons. The summed E-state index contributed by atoms with van der Waals surface area (Å²) in [6.45, 7) is 1.01. The molecule has 0 aromatic heterocycles. The predicted octanol–water partition coefficient (Wildman–Crippen LogP) is 2.11. The predicted molar refractivity (Wildman–Crippen MR) is 187 cm³/mol. The van der Waals surface area contributed by atoms with E-state index in [1.807, 2.05) is 6.92 Å². The lowest BCUT2D eigenvalue weighted by atomic mass is 9.95. The van der Waals surface area contributed by atoms with E-state index in [0.717, 1.165) is 6.42 Å². The van der Waals surface area contributed by atoms with Gasteiger partial charge in [-0.1, -0.05) is 49.7 Å². The highest BCUT2D eigenvalue weighted by Gasteiger charge is 2.37. The maximum absolute atomic E-state index is 11.7. The molecule has 0 amide bonds. The zero-order valence-corrected chi connectivity index (χ0v) is 31.6. The van der Waals surface area contributed by atoms with Gasteiger partial charge in [0.25, 0.3) is 0 Å². The molecule has 0 atom stereocenters. The van der Waals surface area contributed by atoms with Gasteiger partial charge in [-0.25, -0.2) is 0 Å². The average Bonchev–Trinajstić information content (AvgIpc) is 2.99. The van der Waals surface area contributed by atoms with Crippen LogP contribution in [0.3, 0.4) is 0 Å². The van der Waals surface area contributed by atoms with E-state index in [0.29, 0.717) is 46.4 Å². The normalized spacial score (nSPS) is 13.4. The summed E-state index contributed by atoms with van der Waals surface area (Å²) in [6.07, 6.45) is -0.534. The number of aliphatic hydroxyl groups excluding tert-OH is 2. The maximum Gasteiger partial charge on any atom is 0.325 e. The SMILES string of the molecule is CCCCOCC(CO)(CO)N(Cc1cc(CCP(=O)(O)O)cc(CCP(=O)(O)O)c1)Cc1cc(CCP(=O)(O)O)cc(CCP(=O)(O)O)c1. The van der Waals surface area contributed by atoms with Crippen molar-refractivity contribution in [2.45, 2.75) is 64.1 Å². The van der Waals surface area contributed by atoms with Crippen LogP contribution < -0.4 is 0 Å². The van der Waals surface area contributed by atoms with Crippen molar-refractivity contribution in [2.75, 3.05) is 51.1 Å². The van der Waals surface area contributed by atoms with E-state index in [-0.39, 0.29) is 45.4 Å². The second kappa shape index (κ2) is 19.8. The first kappa shape index (κ1) is 45.0. The topological polar surface area (TPSA) is 283 Å².